The van der Waals surface area contributed by atoms with Gasteiger partial charge in [-0.15, -0.1) is 11.6 Å². The van der Waals surface area contributed by atoms with E-state index in [9.17, 15) is 8.42 Å². The number of aromatic nitrogens is 2. The van der Waals surface area contributed by atoms with Crippen LogP contribution in [0, 0.1) is 6.92 Å². The van der Waals surface area contributed by atoms with Gasteiger partial charge in [-0.1, -0.05) is 35.0 Å². The van der Waals surface area contributed by atoms with Crippen molar-refractivity contribution in [3.8, 4) is 11.4 Å². The molecule has 0 aliphatic rings. The van der Waals surface area contributed by atoms with Crippen molar-refractivity contribution in [3.05, 3.63) is 60.0 Å². The fourth-order valence-corrected chi connectivity index (χ4v) is 3.30. The van der Waals surface area contributed by atoms with E-state index in [2.05, 4.69) is 14.9 Å². The summed E-state index contributed by atoms with van der Waals surface area (Å²) in [7, 11) is -3.72. The van der Waals surface area contributed by atoms with Crippen molar-refractivity contribution in [2.75, 3.05) is 4.72 Å². The van der Waals surface area contributed by atoms with Gasteiger partial charge < -0.3 is 4.52 Å². The molecule has 1 aromatic heterocycles. The molecule has 6 nitrogen and oxygen atoms in total. The molecular weight excluding hydrogens is 350 g/mol. The average molecular weight is 364 g/mol. The number of benzene rings is 2. The number of nitrogens with one attached hydrogen (secondary N) is 1. The van der Waals surface area contributed by atoms with Crippen LogP contribution in [0.2, 0.25) is 0 Å². The lowest BCUT2D eigenvalue weighted by molar-refractivity contribution is 0.391. The molecule has 3 aromatic rings. The first-order chi connectivity index (χ1) is 11.5. The number of hydrogen-bond acceptors (Lipinski definition) is 5. The highest BCUT2D eigenvalue weighted by Crippen LogP contribution is 2.28. The van der Waals surface area contributed by atoms with Gasteiger partial charge >= 0.3 is 0 Å². The summed E-state index contributed by atoms with van der Waals surface area (Å²) >= 11 is 5.66. The second-order valence-corrected chi connectivity index (χ2v) is 7.06. The molecular formula is C16H14ClN3O3S. The van der Waals surface area contributed by atoms with Crippen molar-refractivity contribution in [2.45, 2.75) is 17.7 Å². The first-order valence-electron chi connectivity index (χ1n) is 7.07. The predicted octanol–water partition coefficient (Wildman–Crippen LogP) is 3.58. The third kappa shape index (κ3) is 3.42. The Balaban J connectivity index is 1.97. The lowest BCUT2D eigenvalue weighted by Crippen LogP contribution is -2.13. The van der Waals surface area contributed by atoms with E-state index in [0.717, 1.165) is 5.56 Å². The van der Waals surface area contributed by atoms with E-state index in [1.54, 1.807) is 48.5 Å². The summed E-state index contributed by atoms with van der Waals surface area (Å²) in [6.07, 6.45) is 0. The van der Waals surface area contributed by atoms with Gasteiger partial charge in [0.1, 0.15) is 5.88 Å². The van der Waals surface area contributed by atoms with Crippen molar-refractivity contribution >= 4 is 27.3 Å². The van der Waals surface area contributed by atoms with Crippen LogP contribution in [-0.4, -0.2) is 18.6 Å². The van der Waals surface area contributed by atoms with Gasteiger partial charge in [-0.05, 0) is 31.2 Å². The van der Waals surface area contributed by atoms with E-state index in [1.807, 2.05) is 6.92 Å². The summed E-state index contributed by atoms with van der Waals surface area (Å²) in [5.74, 6) is 0.625. The smallest absolute Gasteiger partial charge is 0.261 e. The van der Waals surface area contributed by atoms with Crippen LogP contribution in [0.5, 0.6) is 0 Å². The van der Waals surface area contributed by atoms with Crippen molar-refractivity contribution in [1.29, 1.82) is 0 Å². The molecule has 0 radical (unpaired) electrons. The van der Waals surface area contributed by atoms with E-state index in [1.165, 1.54) is 0 Å². The Bertz CT molecular complexity index is 953. The van der Waals surface area contributed by atoms with Crippen LogP contribution in [0.15, 0.2) is 57.9 Å². The molecule has 0 aliphatic heterocycles. The van der Waals surface area contributed by atoms with Crippen LogP contribution < -0.4 is 4.72 Å². The summed E-state index contributed by atoms with van der Waals surface area (Å²) in [4.78, 5) is 4.31. The van der Waals surface area contributed by atoms with Crippen LogP contribution in [0.4, 0.5) is 5.69 Å². The number of halogens is 1. The van der Waals surface area contributed by atoms with Crippen molar-refractivity contribution < 1.29 is 12.9 Å². The molecule has 1 N–H and O–H groups in total. The van der Waals surface area contributed by atoms with Crippen molar-refractivity contribution in [1.82, 2.24) is 10.1 Å². The number of alkyl halides is 1. The van der Waals surface area contributed by atoms with Crippen LogP contribution >= 0.6 is 11.6 Å². The summed E-state index contributed by atoms with van der Waals surface area (Å²) in [5.41, 5.74) is 1.85. The number of aryl methyl sites for hydroxylation is 1. The summed E-state index contributed by atoms with van der Waals surface area (Å²) in [6.45, 7) is 1.89. The quantitative estimate of drug-likeness (QED) is 0.700. The SMILES string of the molecule is Cc1ccc(S(=O)(=O)Nc2ccccc2-c2noc(CCl)n2)cc1. The Hall–Kier alpha value is -2.38. The maximum atomic E-state index is 12.6. The minimum Gasteiger partial charge on any atom is -0.338 e. The van der Waals surface area contributed by atoms with Gasteiger partial charge in [0.05, 0.1) is 10.6 Å². The molecule has 0 atom stereocenters. The Morgan fingerprint density at radius 1 is 1.12 bits per heavy atom. The highest BCUT2D eigenvalue weighted by Gasteiger charge is 2.18. The van der Waals surface area contributed by atoms with Crippen LogP contribution in [0.25, 0.3) is 11.4 Å². The lowest BCUT2D eigenvalue weighted by Gasteiger charge is -2.11. The van der Waals surface area contributed by atoms with E-state index in [0.29, 0.717) is 11.3 Å². The molecule has 3 rings (SSSR count). The summed E-state index contributed by atoms with van der Waals surface area (Å²) in [5, 5.41) is 3.83. The lowest BCUT2D eigenvalue weighted by atomic mass is 10.2. The molecule has 8 heteroatoms. The van der Waals surface area contributed by atoms with Crippen LogP contribution in [0.1, 0.15) is 11.5 Å². The van der Waals surface area contributed by atoms with Crippen LogP contribution in [-0.2, 0) is 15.9 Å². The Labute approximate surface area is 144 Å². The zero-order valence-corrected chi connectivity index (χ0v) is 14.3. The number of hydrogen-bond donors (Lipinski definition) is 1. The van der Waals surface area contributed by atoms with Gasteiger partial charge in [-0.3, -0.25) is 4.72 Å². The highest BCUT2D eigenvalue weighted by atomic mass is 35.5. The van der Waals surface area contributed by atoms with Gasteiger partial charge in [0.25, 0.3) is 10.0 Å². The number of anilines is 1. The molecule has 0 saturated heterocycles. The Morgan fingerprint density at radius 2 is 1.83 bits per heavy atom. The van der Waals surface area contributed by atoms with Crippen molar-refractivity contribution in [3.63, 3.8) is 0 Å². The molecule has 0 fully saturated rings. The number of para-hydroxylation sites is 1. The van der Waals surface area contributed by atoms with E-state index < -0.39 is 10.0 Å². The first kappa shape index (κ1) is 16.5. The standard InChI is InChI=1S/C16H14ClN3O3S/c1-11-6-8-12(9-7-11)24(21,22)20-14-5-3-2-4-13(14)16-18-15(10-17)23-19-16/h2-9,20H,10H2,1H3. The highest BCUT2D eigenvalue weighted by molar-refractivity contribution is 7.92. The topological polar surface area (TPSA) is 85.1 Å². The van der Waals surface area contributed by atoms with Gasteiger partial charge in [-0.25, -0.2) is 8.42 Å². The van der Waals surface area contributed by atoms with E-state index in [-0.39, 0.29) is 22.5 Å². The maximum Gasteiger partial charge on any atom is 0.261 e. The van der Waals surface area contributed by atoms with Crippen molar-refractivity contribution in [2.24, 2.45) is 0 Å². The molecule has 0 saturated carbocycles. The molecule has 0 spiro atoms. The van der Waals surface area contributed by atoms with Gasteiger partial charge in [-0.2, -0.15) is 4.98 Å². The fourth-order valence-electron chi connectivity index (χ4n) is 2.11. The average Bonchev–Trinajstić information content (AvgIpc) is 3.04. The van der Waals surface area contributed by atoms with Gasteiger partial charge in [0.15, 0.2) is 0 Å². The van der Waals surface area contributed by atoms with Gasteiger partial charge in [0.2, 0.25) is 11.7 Å². The number of nitrogens with zero attached hydrogens (tertiary/aromatic N) is 2. The predicted molar refractivity (Wildman–Crippen MR) is 91.3 cm³/mol. The third-order valence-electron chi connectivity index (χ3n) is 3.33. The van der Waals surface area contributed by atoms with Gasteiger partial charge in [0, 0.05) is 5.56 Å². The Morgan fingerprint density at radius 3 is 2.50 bits per heavy atom. The number of rotatable bonds is 5. The monoisotopic (exact) mass is 363 g/mol. The third-order valence-corrected chi connectivity index (χ3v) is 4.94. The molecule has 1 heterocycles. The zero-order valence-electron chi connectivity index (χ0n) is 12.7. The normalized spacial score (nSPS) is 11.4. The minimum absolute atomic E-state index is 0.0876. The first-order valence-corrected chi connectivity index (χ1v) is 9.09. The van der Waals surface area contributed by atoms with E-state index >= 15 is 0 Å². The van der Waals surface area contributed by atoms with Crippen LogP contribution in [0.3, 0.4) is 0 Å². The fraction of sp³-hybridized carbons (Fsp3) is 0.125. The molecule has 0 bridgehead atoms. The molecule has 24 heavy (non-hydrogen) atoms. The maximum absolute atomic E-state index is 12.6. The molecule has 2 aromatic carbocycles. The molecule has 124 valence electrons. The second-order valence-electron chi connectivity index (χ2n) is 5.11. The largest absolute Gasteiger partial charge is 0.338 e. The second kappa shape index (κ2) is 6.62. The summed E-state index contributed by atoms with van der Waals surface area (Å²) in [6, 6.07) is 13.4. The zero-order chi connectivity index (χ0) is 17.2. The van der Waals surface area contributed by atoms with E-state index in [4.69, 9.17) is 16.1 Å². The molecule has 0 amide bonds. The Kier molecular flexibility index (Phi) is 4.55. The molecule has 0 aliphatic carbocycles. The minimum atomic E-state index is -3.72. The number of sulfonamides is 1. The summed E-state index contributed by atoms with van der Waals surface area (Å²) < 4.78 is 32.7. The molecule has 0 unspecified atom stereocenters.